The Hall–Kier alpha value is -4.15. The van der Waals surface area contributed by atoms with Gasteiger partial charge in [-0.2, -0.15) is 5.26 Å². The number of aromatic amines is 1. The lowest BCUT2D eigenvalue weighted by molar-refractivity contribution is 0.0697. The van der Waals surface area contributed by atoms with Gasteiger partial charge in [0.1, 0.15) is 17.6 Å². The number of nitrogens with one attached hydrogen (secondary N) is 1. The van der Waals surface area contributed by atoms with Crippen LogP contribution >= 0.6 is 11.6 Å². The summed E-state index contributed by atoms with van der Waals surface area (Å²) in [5.41, 5.74) is 0.985. The monoisotopic (exact) mass is 417 g/mol. The number of carbonyl (C=O) groups is 1. The summed E-state index contributed by atoms with van der Waals surface area (Å²) in [4.78, 5) is 30.2. The van der Waals surface area contributed by atoms with Crippen molar-refractivity contribution in [3.63, 3.8) is 0 Å². The predicted octanol–water partition coefficient (Wildman–Crippen LogP) is 4.60. The van der Waals surface area contributed by atoms with Gasteiger partial charge < -0.3 is 14.5 Å². The standard InChI is InChI=1S/C22H12ClN3O4/c23-15-5-7-18-17(10-15)21(27)26-20(25-18)14(11-24)9-16-6-8-19(30-16)12-1-3-13(4-2-12)22(28)29/h1-10H,(H,28,29)(H,25,26,27)/b14-9+. The van der Waals surface area contributed by atoms with Crippen LogP contribution in [0.5, 0.6) is 0 Å². The Balaban J connectivity index is 1.69. The van der Waals surface area contributed by atoms with E-state index in [-0.39, 0.29) is 17.0 Å². The highest BCUT2D eigenvalue weighted by Crippen LogP contribution is 2.25. The lowest BCUT2D eigenvalue weighted by Gasteiger charge is -2.02. The van der Waals surface area contributed by atoms with Crippen LogP contribution in [0.3, 0.4) is 0 Å². The molecule has 0 aliphatic heterocycles. The topological polar surface area (TPSA) is 120 Å². The van der Waals surface area contributed by atoms with E-state index in [1.54, 1.807) is 36.4 Å². The molecular weight excluding hydrogens is 406 g/mol. The van der Waals surface area contributed by atoms with Crippen molar-refractivity contribution < 1.29 is 14.3 Å². The zero-order valence-corrected chi connectivity index (χ0v) is 16.0. The number of rotatable bonds is 4. The summed E-state index contributed by atoms with van der Waals surface area (Å²) in [6.07, 6.45) is 1.47. The van der Waals surface area contributed by atoms with Crippen molar-refractivity contribution in [2.24, 2.45) is 0 Å². The molecule has 2 aromatic heterocycles. The van der Waals surface area contributed by atoms with Crippen LogP contribution in [0.1, 0.15) is 21.9 Å². The first-order valence-electron chi connectivity index (χ1n) is 8.70. The lowest BCUT2D eigenvalue weighted by Crippen LogP contribution is -2.11. The van der Waals surface area contributed by atoms with E-state index in [4.69, 9.17) is 21.1 Å². The number of furan rings is 1. The highest BCUT2D eigenvalue weighted by Gasteiger charge is 2.11. The number of carboxylic acid groups (broad SMARTS) is 1. The van der Waals surface area contributed by atoms with Crippen LogP contribution in [-0.2, 0) is 0 Å². The molecule has 0 unspecified atom stereocenters. The molecule has 4 rings (SSSR count). The summed E-state index contributed by atoms with van der Waals surface area (Å²) in [6, 6.07) is 16.3. The minimum Gasteiger partial charge on any atom is -0.478 e. The van der Waals surface area contributed by atoms with Gasteiger partial charge >= 0.3 is 5.97 Å². The minimum absolute atomic E-state index is 0.112. The number of hydrogen-bond acceptors (Lipinski definition) is 5. The van der Waals surface area contributed by atoms with E-state index in [9.17, 15) is 14.9 Å². The highest BCUT2D eigenvalue weighted by molar-refractivity contribution is 6.31. The van der Waals surface area contributed by atoms with Gasteiger partial charge in [0.2, 0.25) is 0 Å². The molecule has 0 saturated carbocycles. The second kappa shape index (κ2) is 7.70. The van der Waals surface area contributed by atoms with Crippen molar-refractivity contribution in [3.8, 4) is 17.4 Å². The maximum Gasteiger partial charge on any atom is 0.335 e. The first kappa shape index (κ1) is 19.2. The third kappa shape index (κ3) is 3.72. The fourth-order valence-electron chi connectivity index (χ4n) is 2.90. The molecule has 0 aliphatic rings. The van der Waals surface area contributed by atoms with E-state index in [0.29, 0.717) is 33.0 Å². The number of hydrogen-bond donors (Lipinski definition) is 2. The summed E-state index contributed by atoms with van der Waals surface area (Å²) in [7, 11) is 0. The van der Waals surface area contributed by atoms with E-state index in [1.165, 1.54) is 24.3 Å². The van der Waals surface area contributed by atoms with Gasteiger partial charge in [-0.05, 0) is 42.5 Å². The van der Waals surface area contributed by atoms with Gasteiger partial charge in [0, 0.05) is 16.7 Å². The summed E-state index contributed by atoms with van der Waals surface area (Å²) >= 11 is 5.92. The Kier molecular flexibility index (Phi) is 4.92. The molecule has 0 amide bonds. The Morgan fingerprint density at radius 1 is 1.17 bits per heavy atom. The SMILES string of the molecule is N#C/C(=C\c1ccc(-c2ccc(C(=O)O)cc2)o1)c1nc2ccc(Cl)cc2c(=O)[nH]1. The fourth-order valence-corrected chi connectivity index (χ4v) is 3.07. The van der Waals surface area contributed by atoms with Crippen molar-refractivity contribution in [2.45, 2.75) is 0 Å². The molecule has 0 fully saturated rings. The molecule has 2 heterocycles. The van der Waals surface area contributed by atoms with Crippen LogP contribution < -0.4 is 5.56 Å². The van der Waals surface area contributed by atoms with E-state index in [1.807, 2.05) is 6.07 Å². The molecule has 30 heavy (non-hydrogen) atoms. The molecule has 2 aromatic carbocycles. The molecule has 0 saturated heterocycles. The quantitative estimate of drug-likeness (QED) is 0.468. The minimum atomic E-state index is -1.01. The van der Waals surface area contributed by atoms with Gasteiger partial charge in [-0.25, -0.2) is 9.78 Å². The Labute approximate surface area is 174 Å². The van der Waals surface area contributed by atoms with Crippen molar-refractivity contribution in [1.82, 2.24) is 9.97 Å². The average molecular weight is 418 g/mol. The fraction of sp³-hybridized carbons (Fsp3) is 0. The number of nitrogens with zero attached hydrogens (tertiary/aromatic N) is 2. The Bertz CT molecular complexity index is 1410. The maximum atomic E-state index is 12.3. The molecule has 0 aliphatic carbocycles. The molecule has 0 spiro atoms. The molecule has 2 N–H and O–H groups in total. The zero-order chi connectivity index (χ0) is 21.3. The first-order valence-corrected chi connectivity index (χ1v) is 9.08. The first-order chi connectivity index (χ1) is 14.4. The number of benzene rings is 2. The summed E-state index contributed by atoms with van der Waals surface area (Å²) < 4.78 is 5.75. The van der Waals surface area contributed by atoms with Crippen LogP contribution in [0.25, 0.3) is 33.9 Å². The number of H-pyrrole nitrogens is 1. The van der Waals surface area contributed by atoms with Crippen LogP contribution in [0.2, 0.25) is 5.02 Å². The summed E-state index contributed by atoms with van der Waals surface area (Å²) in [6.45, 7) is 0. The molecule has 146 valence electrons. The van der Waals surface area contributed by atoms with Gasteiger partial charge in [0.05, 0.1) is 22.0 Å². The molecule has 0 atom stereocenters. The molecule has 0 bridgehead atoms. The third-order valence-electron chi connectivity index (χ3n) is 4.37. The Morgan fingerprint density at radius 3 is 2.63 bits per heavy atom. The molecule has 7 nitrogen and oxygen atoms in total. The molecule has 0 radical (unpaired) electrons. The van der Waals surface area contributed by atoms with E-state index in [0.717, 1.165) is 0 Å². The van der Waals surface area contributed by atoms with Crippen molar-refractivity contribution in [2.75, 3.05) is 0 Å². The van der Waals surface area contributed by atoms with Crippen molar-refractivity contribution >= 4 is 40.1 Å². The molecule has 8 heteroatoms. The molecule has 4 aromatic rings. The second-order valence-electron chi connectivity index (χ2n) is 6.33. The number of allylic oxidation sites excluding steroid dienone is 1. The van der Waals surface area contributed by atoms with Crippen LogP contribution in [0, 0.1) is 11.3 Å². The van der Waals surface area contributed by atoms with Crippen LogP contribution in [0.15, 0.2) is 63.8 Å². The number of fused-ring (bicyclic) bond motifs is 1. The van der Waals surface area contributed by atoms with Crippen molar-refractivity contribution in [3.05, 3.63) is 87.1 Å². The van der Waals surface area contributed by atoms with Crippen LogP contribution in [0.4, 0.5) is 0 Å². The van der Waals surface area contributed by atoms with E-state index >= 15 is 0 Å². The largest absolute Gasteiger partial charge is 0.478 e. The normalized spacial score (nSPS) is 11.4. The predicted molar refractivity (Wildman–Crippen MR) is 112 cm³/mol. The van der Waals surface area contributed by atoms with Gasteiger partial charge in [-0.1, -0.05) is 23.7 Å². The lowest BCUT2D eigenvalue weighted by atomic mass is 10.1. The van der Waals surface area contributed by atoms with Gasteiger partial charge in [0.15, 0.2) is 5.82 Å². The summed E-state index contributed by atoms with van der Waals surface area (Å²) in [5, 5.41) is 19.3. The van der Waals surface area contributed by atoms with Gasteiger partial charge in [-0.3, -0.25) is 4.79 Å². The molecular formula is C22H12ClN3O4. The van der Waals surface area contributed by atoms with Gasteiger partial charge in [-0.15, -0.1) is 0 Å². The number of halogens is 1. The smallest absolute Gasteiger partial charge is 0.335 e. The summed E-state index contributed by atoms with van der Waals surface area (Å²) in [5.74, 6) is -0.0173. The Morgan fingerprint density at radius 2 is 1.93 bits per heavy atom. The maximum absolute atomic E-state index is 12.3. The van der Waals surface area contributed by atoms with Crippen LogP contribution in [-0.4, -0.2) is 21.0 Å². The second-order valence-corrected chi connectivity index (χ2v) is 6.77. The van der Waals surface area contributed by atoms with Crippen molar-refractivity contribution in [1.29, 1.82) is 5.26 Å². The number of aromatic carboxylic acids is 1. The highest BCUT2D eigenvalue weighted by atomic mass is 35.5. The van der Waals surface area contributed by atoms with E-state index in [2.05, 4.69) is 9.97 Å². The number of carboxylic acids is 1. The van der Waals surface area contributed by atoms with Gasteiger partial charge in [0.25, 0.3) is 5.56 Å². The number of aromatic nitrogens is 2. The average Bonchev–Trinajstić information content (AvgIpc) is 3.21. The zero-order valence-electron chi connectivity index (χ0n) is 15.2. The van der Waals surface area contributed by atoms with E-state index < -0.39 is 11.5 Å². The number of nitriles is 1. The third-order valence-corrected chi connectivity index (χ3v) is 4.61.